The molecule has 1 aromatic rings. The lowest BCUT2D eigenvalue weighted by atomic mass is 10.3. The zero-order chi connectivity index (χ0) is 12.8. The highest BCUT2D eigenvalue weighted by atomic mass is 16.5. The largest absolute Gasteiger partial charge is 0.508 e. The molecule has 0 aliphatic carbocycles. The predicted molar refractivity (Wildman–Crippen MR) is 60.8 cm³/mol. The van der Waals surface area contributed by atoms with Crippen molar-refractivity contribution in [3.05, 3.63) is 24.3 Å². The SMILES string of the molecule is CNC(=O)NC(=O)C(C)Oc1ccc(O)cc1. The molecule has 1 aromatic carbocycles. The van der Waals surface area contributed by atoms with Gasteiger partial charge in [-0.3, -0.25) is 10.1 Å². The number of hydrogen-bond acceptors (Lipinski definition) is 4. The Balaban J connectivity index is 2.54. The van der Waals surface area contributed by atoms with Gasteiger partial charge in [-0.25, -0.2) is 4.79 Å². The number of carbonyl (C=O) groups is 2. The molecule has 0 aliphatic heterocycles. The van der Waals surface area contributed by atoms with Crippen molar-refractivity contribution in [3.8, 4) is 11.5 Å². The maximum absolute atomic E-state index is 11.4. The van der Waals surface area contributed by atoms with Crippen molar-refractivity contribution >= 4 is 11.9 Å². The van der Waals surface area contributed by atoms with E-state index in [1.807, 2.05) is 0 Å². The second-order valence-corrected chi connectivity index (χ2v) is 3.32. The van der Waals surface area contributed by atoms with E-state index < -0.39 is 18.0 Å². The Hall–Kier alpha value is -2.24. The fourth-order valence-corrected chi connectivity index (χ4v) is 1.06. The molecule has 0 aliphatic rings. The Labute approximate surface area is 98.6 Å². The van der Waals surface area contributed by atoms with E-state index in [-0.39, 0.29) is 5.75 Å². The summed E-state index contributed by atoms with van der Waals surface area (Å²) in [7, 11) is 1.41. The van der Waals surface area contributed by atoms with Crippen molar-refractivity contribution in [2.45, 2.75) is 13.0 Å². The first kappa shape index (κ1) is 12.8. The Kier molecular flexibility index (Phi) is 4.33. The summed E-state index contributed by atoms with van der Waals surface area (Å²) in [6, 6.07) is 5.35. The van der Waals surface area contributed by atoms with Crippen molar-refractivity contribution in [1.29, 1.82) is 0 Å². The Morgan fingerprint density at radius 1 is 1.29 bits per heavy atom. The normalized spacial score (nSPS) is 11.4. The first-order chi connectivity index (χ1) is 8.02. The fourth-order valence-electron chi connectivity index (χ4n) is 1.06. The summed E-state index contributed by atoms with van der Waals surface area (Å²) in [5.41, 5.74) is 0. The minimum absolute atomic E-state index is 0.111. The number of aromatic hydroxyl groups is 1. The Morgan fingerprint density at radius 3 is 2.41 bits per heavy atom. The maximum Gasteiger partial charge on any atom is 0.321 e. The third-order valence-electron chi connectivity index (χ3n) is 1.98. The number of ether oxygens (including phenoxy) is 1. The van der Waals surface area contributed by atoms with Gasteiger partial charge in [0, 0.05) is 7.05 Å². The van der Waals surface area contributed by atoms with E-state index in [2.05, 4.69) is 10.6 Å². The first-order valence-corrected chi connectivity index (χ1v) is 5.01. The van der Waals surface area contributed by atoms with Gasteiger partial charge in [0.2, 0.25) is 0 Å². The highest BCUT2D eigenvalue weighted by molar-refractivity contribution is 5.96. The van der Waals surface area contributed by atoms with Crippen LogP contribution in [0.3, 0.4) is 0 Å². The summed E-state index contributed by atoms with van der Waals surface area (Å²) in [6.07, 6.45) is -0.808. The monoisotopic (exact) mass is 238 g/mol. The van der Waals surface area contributed by atoms with Gasteiger partial charge in [-0.05, 0) is 31.2 Å². The number of urea groups is 1. The average molecular weight is 238 g/mol. The summed E-state index contributed by atoms with van der Waals surface area (Å²) in [4.78, 5) is 22.3. The number of imide groups is 1. The van der Waals surface area contributed by atoms with E-state index >= 15 is 0 Å². The molecule has 3 amide bonds. The minimum Gasteiger partial charge on any atom is -0.508 e. The Bertz CT molecular complexity index is 402. The van der Waals surface area contributed by atoms with Gasteiger partial charge < -0.3 is 15.2 Å². The lowest BCUT2D eigenvalue weighted by Gasteiger charge is -2.13. The second-order valence-electron chi connectivity index (χ2n) is 3.32. The van der Waals surface area contributed by atoms with Gasteiger partial charge in [0.05, 0.1) is 0 Å². The number of phenols is 1. The molecule has 0 saturated carbocycles. The molecular formula is C11H14N2O4. The lowest BCUT2D eigenvalue weighted by molar-refractivity contribution is -0.126. The van der Waals surface area contributed by atoms with Gasteiger partial charge in [-0.1, -0.05) is 0 Å². The van der Waals surface area contributed by atoms with Crippen LogP contribution in [-0.2, 0) is 4.79 Å². The van der Waals surface area contributed by atoms with Crippen molar-refractivity contribution in [2.75, 3.05) is 7.05 Å². The van der Waals surface area contributed by atoms with Crippen LogP contribution in [0.5, 0.6) is 11.5 Å². The molecule has 92 valence electrons. The van der Waals surface area contributed by atoms with Crippen LogP contribution < -0.4 is 15.4 Å². The standard InChI is InChI=1S/C11H14N2O4/c1-7(10(15)13-11(16)12-2)17-9-5-3-8(14)4-6-9/h3-7,14H,1-2H3,(H2,12,13,15,16). The number of carbonyl (C=O) groups excluding carboxylic acids is 2. The number of nitrogens with one attached hydrogen (secondary N) is 2. The molecule has 0 heterocycles. The topological polar surface area (TPSA) is 87.7 Å². The van der Waals surface area contributed by atoms with Crippen LogP contribution in [0.2, 0.25) is 0 Å². The van der Waals surface area contributed by atoms with Gasteiger partial charge in [0.25, 0.3) is 5.91 Å². The molecule has 6 nitrogen and oxygen atoms in total. The highest BCUT2D eigenvalue weighted by Crippen LogP contribution is 2.17. The van der Waals surface area contributed by atoms with Crippen LogP contribution in [0, 0.1) is 0 Å². The number of hydrogen-bond donors (Lipinski definition) is 3. The molecule has 0 bridgehead atoms. The molecule has 0 radical (unpaired) electrons. The molecule has 1 unspecified atom stereocenters. The summed E-state index contributed by atoms with van der Waals surface area (Å²) < 4.78 is 5.27. The summed E-state index contributed by atoms with van der Waals surface area (Å²) in [6.45, 7) is 1.52. The van der Waals surface area contributed by atoms with E-state index in [1.165, 1.54) is 38.2 Å². The second kappa shape index (κ2) is 5.74. The number of phenolic OH excluding ortho intramolecular Hbond substituents is 1. The van der Waals surface area contributed by atoms with Gasteiger partial charge in [-0.15, -0.1) is 0 Å². The molecule has 6 heteroatoms. The van der Waals surface area contributed by atoms with Crippen molar-refractivity contribution < 1.29 is 19.4 Å². The molecule has 0 fully saturated rings. The number of rotatable bonds is 3. The lowest BCUT2D eigenvalue weighted by Crippen LogP contribution is -2.43. The van der Waals surface area contributed by atoms with Gasteiger partial charge in [0.1, 0.15) is 11.5 Å². The molecule has 0 spiro atoms. The summed E-state index contributed by atoms with van der Waals surface area (Å²) in [5.74, 6) is -0.000373. The number of amides is 3. The van der Waals surface area contributed by atoms with Crippen molar-refractivity contribution in [3.63, 3.8) is 0 Å². The zero-order valence-corrected chi connectivity index (χ0v) is 9.56. The van der Waals surface area contributed by atoms with Crippen LogP contribution in [0.4, 0.5) is 4.79 Å². The third kappa shape index (κ3) is 4.02. The summed E-state index contributed by atoms with van der Waals surface area (Å²) in [5, 5.41) is 13.4. The van der Waals surface area contributed by atoms with Gasteiger partial charge in [0.15, 0.2) is 6.10 Å². The number of benzene rings is 1. The molecule has 17 heavy (non-hydrogen) atoms. The predicted octanol–water partition coefficient (Wildman–Crippen LogP) is 0.615. The molecular weight excluding hydrogens is 224 g/mol. The first-order valence-electron chi connectivity index (χ1n) is 5.01. The van der Waals surface area contributed by atoms with Gasteiger partial charge in [-0.2, -0.15) is 0 Å². The van der Waals surface area contributed by atoms with Crippen LogP contribution in [0.15, 0.2) is 24.3 Å². The van der Waals surface area contributed by atoms with Crippen LogP contribution in [-0.4, -0.2) is 30.2 Å². The van der Waals surface area contributed by atoms with E-state index in [1.54, 1.807) is 0 Å². The summed E-state index contributed by atoms with van der Waals surface area (Å²) >= 11 is 0. The molecule has 1 atom stereocenters. The van der Waals surface area contributed by atoms with E-state index in [9.17, 15) is 9.59 Å². The minimum atomic E-state index is -0.808. The zero-order valence-electron chi connectivity index (χ0n) is 9.56. The average Bonchev–Trinajstić information content (AvgIpc) is 2.31. The van der Waals surface area contributed by atoms with E-state index in [0.717, 1.165) is 0 Å². The molecule has 0 saturated heterocycles. The van der Waals surface area contributed by atoms with Gasteiger partial charge >= 0.3 is 6.03 Å². The molecule has 3 N–H and O–H groups in total. The van der Waals surface area contributed by atoms with Crippen molar-refractivity contribution in [1.82, 2.24) is 10.6 Å². The molecule has 1 rings (SSSR count). The third-order valence-corrected chi connectivity index (χ3v) is 1.98. The quantitative estimate of drug-likeness (QED) is 0.720. The smallest absolute Gasteiger partial charge is 0.321 e. The van der Waals surface area contributed by atoms with Crippen LogP contribution in [0.25, 0.3) is 0 Å². The van der Waals surface area contributed by atoms with Crippen LogP contribution in [0.1, 0.15) is 6.92 Å². The van der Waals surface area contributed by atoms with E-state index in [4.69, 9.17) is 9.84 Å². The van der Waals surface area contributed by atoms with Crippen LogP contribution >= 0.6 is 0 Å². The molecule has 0 aromatic heterocycles. The Morgan fingerprint density at radius 2 is 1.88 bits per heavy atom. The highest BCUT2D eigenvalue weighted by Gasteiger charge is 2.16. The van der Waals surface area contributed by atoms with E-state index in [0.29, 0.717) is 5.75 Å². The van der Waals surface area contributed by atoms with Crippen molar-refractivity contribution in [2.24, 2.45) is 0 Å². The fraction of sp³-hybridized carbons (Fsp3) is 0.273. The maximum atomic E-state index is 11.4.